The van der Waals surface area contributed by atoms with Crippen LogP contribution in [0.15, 0.2) is 134 Å². The van der Waals surface area contributed by atoms with Crippen molar-refractivity contribution in [3.8, 4) is 0 Å². The molecule has 0 spiro atoms. The molecule has 0 fully saturated rings. The van der Waals surface area contributed by atoms with Gasteiger partial charge >= 0.3 is 19.8 Å². The van der Waals surface area contributed by atoms with E-state index in [2.05, 4.69) is 148 Å². The fourth-order valence-electron chi connectivity index (χ4n) is 11.3. The molecule has 0 aromatic carbocycles. The predicted octanol–water partition coefficient (Wildman–Crippen LogP) is 26.8. The van der Waals surface area contributed by atoms with E-state index in [1.807, 2.05) is 0 Å². The first-order chi connectivity index (χ1) is 46.8. The smallest absolute Gasteiger partial charge is 0.462 e. The van der Waals surface area contributed by atoms with Crippen LogP contribution in [0, 0.1) is 0 Å². The van der Waals surface area contributed by atoms with Gasteiger partial charge in [-0.15, -0.1) is 0 Å². The van der Waals surface area contributed by atoms with Crippen LogP contribution in [0.2, 0.25) is 0 Å². The highest BCUT2D eigenvalue weighted by atomic mass is 31.2. The maximum atomic E-state index is 12.8. The summed E-state index contributed by atoms with van der Waals surface area (Å²) in [4.78, 5) is 35.5. The van der Waals surface area contributed by atoms with Gasteiger partial charge in [0.15, 0.2) is 6.10 Å². The van der Waals surface area contributed by atoms with E-state index in [1.165, 1.54) is 218 Å². The van der Waals surface area contributed by atoms with Gasteiger partial charge in [0.2, 0.25) is 0 Å². The van der Waals surface area contributed by atoms with Crippen LogP contribution in [0.1, 0.15) is 361 Å². The van der Waals surface area contributed by atoms with Crippen LogP contribution in [0.4, 0.5) is 0 Å². The van der Waals surface area contributed by atoms with Gasteiger partial charge in [-0.05, 0) is 109 Å². The highest BCUT2D eigenvalue weighted by Crippen LogP contribution is 2.43. The van der Waals surface area contributed by atoms with Gasteiger partial charge in [0.05, 0.1) is 13.2 Å². The molecule has 0 aromatic rings. The van der Waals surface area contributed by atoms with Gasteiger partial charge < -0.3 is 20.1 Å². The summed E-state index contributed by atoms with van der Waals surface area (Å²) in [6.45, 7) is 3.56. The molecule has 2 atom stereocenters. The van der Waals surface area contributed by atoms with Gasteiger partial charge in [0.25, 0.3) is 0 Å². The van der Waals surface area contributed by atoms with Crippen molar-refractivity contribution in [2.45, 2.75) is 367 Å². The van der Waals surface area contributed by atoms with Crippen molar-refractivity contribution in [3.63, 3.8) is 0 Å². The molecule has 10 heteroatoms. The summed E-state index contributed by atoms with van der Waals surface area (Å²) < 4.78 is 33.3. The molecule has 0 radical (unpaired) electrons. The SMILES string of the molecule is CC/C=C\C/C=C\C/C=C\C/C=C\C/C=C\C/C=C\C/C=C\CCCCCCCCCCCCCCCCCCCCCC(=O)OC(COC(=O)CCCCCCCCCCCCCCCCCCCCCC/C=C\C/C=C\C/C=C\C/C=C\CC)COP(=O)(O)OCCN. The van der Waals surface area contributed by atoms with Crippen molar-refractivity contribution in [2.75, 3.05) is 26.4 Å². The molecule has 0 amide bonds. The number of phosphoric ester groups is 1. The van der Waals surface area contributed by atoms with E-state index in [-0.39, 0.29) is 38.6 Å². The number of esters is 2. The molecule has 0 aromatic heterocycles. The van der Waals surface area contributed by atoms with Crippen LogP contribution in [-0.2, 0) is 32.7 Å². The fraction of sp³-hybridized carbons (Fsp3) is 0.718. The van der Waals surface area contributed by atoms with E-state index in [1.54, 1.807) is 0 Å². The first-order valence-corrected chi connectivity index (χ1v) is 41.2. The highest BCUT2D eigenvalue weighted by molar-refractivity contribution is 7.47. The molecule has 0 saturated carbocycles. The number of nitrogens with two attached hydrogens (primary N) is 1. The van der Waals surface area contributed by atoms with Crippen molar-refractivity contribution in [2.24, 2.45) is 5.73 Å². The highest BCUT2D eigenvalue weighted by Gasteiger charge is 2.26. The number of hydrogen-bond donors (Lipinski definition) is 2. The number of hydrogen-bond acceptors (Lipinski definition) is 8. The summed E-state index contributed by atoms with van der Waals surface area (Å²) in [6, 6.07) is 0. The third-order valence-corrected chi connectivity index (χ3v) is 18.0. The first-order valence-electron chi connectivity index (χ1n) is 39.7. The Labute approximate surface area is 586 Å². The molecule has 0 saturated heterocycles. The Hall–Kier alpha value is -3.85. The topological polar surface area (TPSA) is 134 Å². The standard InChI is InChI=1S/C85H148NO8P/c1-3-5-7-9-11-13-15-17-19-21-23-25-27-29-31-33-35-37-38-39-40-41-42-43-44-46-48-50-52-54-56-58-60-62-64-66-68-70-72-74-76-78-85(88)94-83(82-93-95(89,90)92-80-79-86)81-91-84(87)77-75-73-71-69-67-65-63-61-59-57-55-53-51-49-47-45-36-34-32-30-28-26-24-22-20-18-16-14-12-10-8-6-4-2/h5-8,11-14,17-20,23-26,29,31,35,37,39-40,83H,3-4,9-10,15-16,21-22,27-28,30,32-34,36,38,41-82,86H2,1-2H3,(H,89,90)/b7-5-,8-6-,13-11-,14-12-,19-17-,20-18-,25-23-,26-24-,31-29-,37-35-,40-39-. The summed E-state index contributed by atoms with van der Waals surface area (Å²) in [5.74, 6) is -0.814. The lowest BCUT2D eigenvalue weighted by molar-refractivity contribution is -0.161. The van der Waals surface area contributed by atoms with Crippen LogP contribution < -0.4 is 5.73 Å². The number of ether oxygens (including phenoxy) is 2. The average Bonchev–Trinajstić information content (AvgIpc) is 2.75. The number of phosphoric acid groups is 1. The van der Waals surface area contributed by atoms with Crippen LogP contribution in [0.3, 0.4) is 0 Å². The minimum absolute atomic E-state index is 0.0516. The Morgan fingerprint density at radius 3 is 0.811 bits per heavy atom. The Balaban J connectivity index is 3.80. The molecule has 2 unspecified atom stereocenters. The van der Waals surface area contributed by atoms with Crippen molar-refractivity contribution >= 4 is 19.8 Å². The van der Waals surface area contributed by atoms with Gasteiger partial charge in [-0.25, -0.2) is 4.57 Å². The molecule has 0 aliphatic carbocycles. The normalized spacial score (nSPS) is 13.6. The van der Waals surface area contributed by atoms with E-state index < -0.39 is 26.5 Å². The molecule has 3 N–H and O–H groups in total. The van der Waals surface area contributed by atoms with Gasteiger partial charge in [-0.3, -0.25) is 18.6 Å². The number of unbranched alkanes of at least 4 members (excludes halogenated alkanes) is 39. The zero-order valence-electron chi connectivity index (χ0n) is 61.6. The monoisotopic (exact) mass is 1340 g/mol. The van der Waals surface area contributed by atoms with Crippen LogP contribution in [-0.4, -0.2) is 49.3 Å². The van der Waals surface area contributed by atoms with Gasteiger partial charge in [0.1, 0.15) is 6.61 Å². The Bertz CT molecular complexity index is 2030. The summed E-state index contributed by atoms with van der Waals surface area (Å²) in [5.41, 5.74) is 5.42. The molecule has 546 valence electrons. The zero-order chi connectivity index (χ0) is 68.6. The second-order valence-corrected chi connectivity index (χ2v) is 27.6. The van der Waals surface area contributed by atoms with Crippen LogP contribution in [0.25, 0.3) is 0 Å². The Morgan fingerprint density at radius 2 is 0.547 bits per heavy atom. The quantitative estimate of drug-likeness (QED) is 0.0264. The summed E-state index contributed by atoms with van der Waals surface area (Å²) in [7, 11) is -4.40. The third-order valence-electron chi connectivity index (χ3n) is 17.0. The fourth-order valence-corrected chi connectivity index (χ4v) is 12.0. The second-order valence-electron chi connectivity index (χ2n) is 26.2. The molecule has 95 heavy (non-hydrogen) atoms. The van der Waals surface area contributed by atoms with Crippen molar-refractivity contribution in [1.82, 2.24) is 0 Å². The molecular formula is C85H148NO8P. The molecule has 9 nitrogen and oxygen atoms in total. The minimum Gasteiger partial charge on any atom is -0.462 e. The van der Waals surface area contributed by atoms with E-state index in [0.29, 0.717) is 6.42 Å². The number of allylic oxidation sites excluding steroid dienone is 22. The van der Waals surface area contributed by atoms with Gasteiger partial charge in [-0.2, -0.15) is 0 Å². The summed E-state index contributed by atoms with van der Waals surface area (Å²) >= 11 is 0. The van der Waals surface area contributed by atoms with E-state index in [9.17, 15) is 19.0 Å². The van der Waals surface area contributed by atoms with E-state index in [4.69, 9.17) is 24.3 Å². The van der Waals surface area contributed by atoms with Crippen molar-refractivity contribution in [3.05, 3.63) is 134 Å². The second kappa shape index (κ2) is 79.1. The lowest BCUT2D eigenvalue weighted by atomic mass is 10.0. The van der Waals surface area contributed by atoms with Crippen LogP contribution in [0.5, 0.6) is 0 Å². The maximum absolute atomic E-state index is 12.8. The lowest BCUT2D eigenvalue weighted by Crippen LogP contribution is -2.29. The minimum atomic E-state index is -4.40. The molecule has 0 aliphatic rings. The zero-order valence-corrected chi connectivity index (χ0v) is 62.5. The van der Waals surface area contributed by atoms with E-state index in [0.717, 1.165) is 109 Å². The Kier molecular flexibility index (Phi) is 75.9. The number of carbonyl (C=O) groups is 2. The van der Waals surface area contributed by atoms with Gasteiger partial charge in [0, 0.05) is 19.4 Å². The summed E-state index contributed by atoms with van der Waals surface area (Å²) in [5, 5.41) is 0. The predicted molar refractivity (Wildman–Crippen MR) is 413 cm³/mol. The molecule has 0 heterocycles. The summed E-state index contributed by atoms with van der Waals surface area (Å²) in [6.07, 6.45) is 113. The van der Waals surface area contributed by atoms with E-state index >= 15 is 0 Å². The first kappa shape index (κ1) is 91.2. The van der Waals surface area contributed by atoms with Crippen LogP contribution >= 0.6 is 7.82 Å². The van der Waals surface area contributed by atoms with Crippen molar-refractivity contribution in [1.29, 1.82) is 0 Å². The number of rotatable bonds is 74. The molecule has 0 aliphatic heterocycles. The van der Waals surface area contributed by atoms with Crippen molar-refractivity contribution < 1.29 is 37.6 Å². The number of carbonyl (C=O) groups excluding carboxylic acids is 2. The largest absolute Gasteiger partial charge is 0.472 e. The maximum Gasteiger partial charge on any atom is 0.472 e. The molecule has 0 rings (SSSR count). The average molecular weight is 1340 g/mol. The Morgan fingerprint density at radius 1 is 0.316 bits per heavy atom. The third kappa shape index (κ3) is 79.0. The van der Waals surface area contributed by atoms with Gasteiger partial charge in [-0.1, -0.05) is 372 Å². The molecular weight excluding hydrogens is 1190 g/mol. The lowest BCUT2D eigenvalue weighted by Gasteiger charge is -2.19. The molecule has 0 bridgehead atoms.